The first-order chi connectivity index (χ1) is 30.8. The molecule has 0 bridgehead atoms. The Bertz CT molecular complexity index is 1970. The van der Waals surface area contributed by atoms with Crippen molar-refractivity contribution in [2.75, 3.05) is 41.7 Å². The second kappa shape index (κ2) is 34.0. The van der Waals surface area contributed by atoms with E-state index >= 15 is 0 Å². The summed E-state index contributed by atoms with van der Waals surface area (Å²) in [4.78, 5) is 33.0. The second-order valence-corrected chi connectivity index (χ2v) is 14.1. The molecule has 2 aromatic rings. The lowest BCUT2D eigenvalue weighted by atomic mass is 9.84. The van der Waals surface area contributed by atoms with E-state index in [9.17, 15) is 9.59 Å². The summed E-state index contributed by atoms with van der Waals surface area (Å²) in [5.41, 5.74) is 3.57. The molecule has 1 unspecified atom stereocenters. The number of nitrogens with zero attached hydrogens (tertiary/aromatic N) is 2. The maximum Gasteiger partial charge on any atom is 0.250 e. The summed E-state index contributed by atoms with van der Waals surface area (Å²) in [5, 5.41) is 5.60. The van der Waals surface area contributed by atoms with Gasteiger partial charge in [-0.05, 0) is 87.2 Å². The van der Waals surface area contributed by atoms with Crippen molar-refractivity contribution >= 4 is 30.3 Å². The van der Waals surface area contributed by atoms with Gasteiger partial charge in [0, 0.05) is 48.3 Å². The van der Waals surface area contributed by atoms with Crippen LogP contribution in [0.2, 0.25) is 0 Å². The van der Waals surface area contributed by atoms with Gasteiger partial charge in [0.25, 0.3) is 0 Å². The maximum atomic E-state index is 13.0. The molecule has 1 heterocycles. The molecule has 2 N–H and O–H groups in total. The van der Waals surface area contributed by atoms with Crippen molar-refractivity contribution in [1.29, 1.82) is 0 Å². The van der Waals surface area contributed by atoms with Crippen LogP contribution in [0.5, 0.6) is 11.5 Å². The van der Waals surface area contributed by atoms with Crippen molar-refractivity contribution in [3.8, 4) is 11.5 Å². The highest BCUT2D eigenvalue weighted by Gasteiger charge is 2.21. The van der Waals surface area contributed by atoms with E-state index in [4.69, 9.17) is 33.4 Å². The van der Waals surface area contributed by atoms with Crippen molar-refractivity contribution < 1.29 is 38.0 Å². The van der Waals surface area contributed by atoms with Crippen LogP contribution in [-0.2, 0) is 28.5 Å². The Kier molecular flexibility index (Phi) is 30.5. The van der Waals surface area contributed by atoms with E-state index in [1.165, 1.54) is 13.2 Å². The fourth-order valence-corrected chi connectivity index (χ4v) is 5.38. The van der Waals surface area contributed by atoms with Crippen molar-refractivity contribution in [2.24, 2.45) is 15.4 Å². The van der Waals surface area contributed by atoms with Gasteiger partial charge in [0.2, 0.25) is 12.3 Å². The molecule has 2 amide bonds. The van der Waals surface area contributed by atoms with Gasteiger partial charge < -0.3 is 39.1 Å². The Morgan fingerprint density at radius 2 is 1.53 bits per heavy atom. The van der Waals surface area contributed by atoms with Crippen molar-refractivity contribution in [1.82, 2.24) is 10.6 Å². The Morgan fingerprint density at radius 3 is 2.11 bits per heavy atom. The highest BCUT2D eigenvalue weighted by molar-refractivity contribution is 5.91. The number of benzene rings is 2. The molecule has 12 heteroatoms. The molecule has 1 aliphatic rings. The van der Waals surface area contributed by atoms with E-state index in [1.54, 1.807) is 58.0 Å². The van der Waals surface area contributed by atoms with Crippen molar-refractivity contribution in [2.45, 2.75) is 87.6 Å². The Balaban J connectivity index is 0.00000289. The summed E-state index contributed by atoms with van der Waals surface area (Å²) >= 11 is 0. The average molecular weight is 883 g/mol. The minimum absolute atomic E-state index is 0.244. The zero-order chi connectivity index (χ0) is 48.3. The molecule has 1 atom stereocenters. The number of ether oxygens (including phenoxy) is 6. The molecule has 0 aromatic heterocycles. The molecular weight excluding hydrogens is 809 g/mol. The number of para-hydroxylation sites is 1. The molecule has 0 radical (unpaired) electrons. The van der Waals surface area contributed by atoms with E-state index in [-0.39, 0.29) is 24.0 Å². The van der Waals surface area contributed by atoms with Crippen LogP contribution in [0.15, 0.2) is 154 Å². The third kappa shape index (κ3) is 24.2. The first kappa shape index (κ1) is 57.4. The van der Waals surface area contributed by atoms with Crippen LogP contribution in [0.25, 0.3) is 5.57 Å². The van der Waals surface area contributed by atoms with Gasteiger partial charge in [0.15, 0.2) is 23.0 Å². The number of carbonyl (C=O) groups is 2. The van der Waals surface area contributed by atoms with E-state index in [2.05, 4.69) is 42.6 Å². The number of aliphatic imine (C=N–C) groups is 2. The number of amides is 2. The minimum atomic E-state index is -0.352. The van der Waals surface area contributed by atoms with E-state index < -0.39 is 0 Å². The largest absolute Gasteiger partial charge is 0.497 e. The number of hydrogen-bond donors (Lipinski definition) is 2. The Hall–Kier alpha value is -6.56. The Morgan fingerprint density at radius 1 is 0.891 bits per heavy atom. The van der Waals surface area contributed by atoms with Gasteiger partial charge >= 0.3 is 0 Å². The number of nitrogens with one attached hydrogen (secondary N) is 2. The van der Waals surface area contributed by atoms with Crippen LogP contribution < -0.4 is 20.1 Å². The van der Waals surface area contributed by atoms with Gasteiger partial charge in [-0.3, -0.25) is 19.6 Å². The summed E-state index contributed by atoms with van der Waals surface area (Å²) in [6, 6.07) is 17.2. The van der Waals surface area contributed by atoms with Gasteiger partial charge in [-0.15, -0.1) is 6.58 Å². The maximum absolute atomic E-state index is 13.0. The van der Waals surface area contributed by atoms with Crippen LogP contribution in [0.4, 0.5) is 0 Å². The van der Waals surface area contributed by atoms with Crippen LogP contribution >= 0.6 is 0 Å². The standard InChI is InChI=1S/C41H54N4O7.C7H8O.2C2H6/c1-11-37(49-9)39(22-34-23-40(47)43-25-33(24-41(6,7)27-44-34)32-14-12-15-36(21-32)48-8)52-19-13-18-51-31(5)38(50-10)17-16-30(4)42-26-35(45-28-46)20-29(2)3;1-8-7-5-3-2-4-6-7;2*1-2/h11-12,14-17,21-23,25-28,35H,2,5,13,18-20,24H2,1,3-4,6-10H3,(H,43,47)(H,45,46);2-6H,1H3;2*1-2H3/b30-16+,33-25+,34-23-,37-11+,38-17+,39-22+,42-26?,44-27?;;;. The molecule has 3 rings (SSSR count). The number of allylic oxidation sites excluding steroid dienone is 6. The fraction of sp³-hybridized carbons (Fsp3) is 0.385. The van der Waals surface area contributed by atoms with Crippen LogP contribution in [0, 0.1) is 5.41 Å². The molecule has 64 heavy (non-hydrogen) atoms. The van der Waals surface area contributed by atoms with Crippen LogP contribution in [0.3, 0.4) is 0 Å². The summed E-state index contributed by atoms with van der Waals surface area (Å²) in [7, 11) is 6.37. The fourth-order valence-electron chi connectivity index (χ4n) is 5.38. The first-order valence-electron chi connectivity index (χ1n) is 21.5. The SMILES string of the molecule is C=C(C)CC(C=N/C(C)=C/C=C(/OC)C(=C)OCCCOC(=C/C1=C/C(=O)N/C=C(/c2cccc(OC)c2)CC(C)(C)C=N1)/C(=C\C)OC)NC=O.CC.CC.COc1ccccc1. The molecule has 0 fully saturated rings. The van der Waals surface area contributed by atoms with E-state index in [1.807, 2.05) is 109 Å². The van der Waals surface area contributed by atoms with Gasteiger partial charge in [-0.25, -0.2) is 0 Å². The number of methoxy groups -OCH3 is 4. The molecule has 0 spiro atoms. The highest BCUT2D eigenvalue weighted by Crippen LogP contribution is 2.32. The van der Waals surface area contributed by atoms with Gasteiger partial charge in [-0.2, -0.15) is 0 Å². The molecule has 12 nitrogen and oxygen atoms in total. The Labute approximate surface area is 383 Å². The smallest absolute Gasteiger partial charge is 0.250 e. The molecule has 0 saturated heterocycles. The zero-order valence-corrected chi connectivity index (χ0v) is 40.6. The zero-order valence-electron chi connectivity index (χ0n) is 40.6. The lowest BCUT2D eigenvalue weighted by Gasteiger charge is -2.23. The lowest BCUT2D eigenvalue weighted by molar-refractivity contribution is -0.115. The lowest BCUT2D eigenvalue weighted by Crippen LogP contribution is -2.29. The quantitative estimate of drug-likeness (QED) is 0.0316. The molecule has 350 valence electrons. The summed E-state index contributed by atoms with van der Waals surface area (Å²) in [6.07, 6.45) is 16.0. The second-order valence-electron chi connectivity index (χ2n) is 14.1. The topological polar surface area (TPSA) is 138 Å². The van der Waals surface area contributed by atoms with Crippen molar-refractivity contribution in [3.05, 3.63) is 150 Å². The van der Waals surface area contributed by atoms with Gasteiger partial charge in [-0.1, -0.05) is 84.0 Å². The minimum Gasteiger partial charge on any atom is -0.497 e. The number of rotatable bonds is 21. The van der Waals surface area contributed by atoms with Crippen LogP contribution in [0.1, 0.15) is 87.1 Å². The summed E-state index contributed by atoms with van der Waals surface area (Å²) < 4.78 is 33.3. The molecule has 1 aliphatic heterocycles. The normalized spacial score (nSPS) is 16.0. The predicted octanol–water partition coefficient (Wildman–Crippen LogP) is 11.2. The molecule has 0 saturated carbocycles. The first-order valence-corrected chi connectivity index (χ1v) is 21.5. The summed E-state index contributed by atoms with van der Waals surface area (Å²) in [5.74, 6) is 2.99. The third-order valence-electron chi connectivity index (χ3n) is 8.40. The van der Waals surface area contributed by atoms with E-state index in [0.717, 1.165) is 28.2 Å². The van der Waals surface area contributed by atoms with E-state index in [0.29, 0.717) is 66.7 Å². The van der Waals surface area contributed by atoms with Gasteiger partial charge in [0.05, 0.1) is 53.4 Å². The molecule has 2 aromatic carbocycles. The number of carbonyl (C=O) groups excluding carboxylic acids is 2. The highest BCUT2D eigenvalue weighted by atomic mass is 16.5. The van der Waals surface area contributed by atoms with Crippen LogP contribution in [-0.4, -0.2) is 72.4 Å². The van der Waals surface area contributed by atoms with Gasteiger partial charge in [0.1, 0.15) is 11.5 Å². The molecule has 0 aliphatic carbocycles. The summed E-state index contributed by atoms with van der Waals surface area (Å²) in [6.45, 7) is 26.2. The average Bonchev–Trinajstić information content (AvgIpc) is 3.30. The monoisotopic (exact) mass is 883 g/mol. The van der Waals surface area contributed by atoms with Crippen molar-refractivity contribution in [3.63, 3.8) is 0 Å². The third-order valence-corrected chi connectivity index (χ3v) is 8.40. The number of hydrogen-bond acceptors (Lipinski definition) is 10. The molecular formula is C52H74N4O8. The predicted molar refractivity (Wildman–Crippen MR) is 264 cm³/mol.